The number of carbonyl (C=O) groups is 2. The average Bonchev–Trinajstić information content (AvgIpc) is 2.36. The highest BCUT2D eigenvalue weighted by atomic mass is 32.2. The van der Waals surface area contributed by atoms with Gasteiger partial charge in [-0.15, -0.1) is 0 Å². The van der Waals surface area contributed by atoms with Crippen LogP contribution >= 0.6 is 0 Å². The molecule has 108 valence electrons. The van der Waals surface area contributed by atoms with E-state index in [1.54, 1.807) is 6.92 Å². The van der Waals surface area contributed by atoms with Crippen LogP contribution in [0.1, 0.15) is 23.7 Å². The van der Waals surface area contributed by atoms with Gasteiger partial charge in [0.15, 0.2) is 5.78 Å². The van der Waals surface area contributed by atoms with Crippen molar-refractivity contribution in [2.45, 2.75) is 13.3 Å². The van der Waals surface area contributed by atoms with Crippen molar-refractivity contribution in [3.8, 4) is 0 Å². The number of nitrogens with one attached hydrogen (secondary N) is 1. The topological polar surface area (TPSA) is 101 Å². The molecule has 0 aliphatic rings. The number of carbonyl (C=O) groups excluding carboxylic acids is 1. The summed E-state index contributed by atoms with van der Waals surface area (Å²) in [6.07, 6.45) is 2.20. The Bertz CT molecular complexity index is 617. The van der Waals surface area contributed by atoms with E-state index in [4.69, 9.17) is 5.11 Å². The molecule has 0 radical (unpaired) electrons. The number of hydrogen-bond acceptors (Lipinski definition) is 4. The second-order valence-corrected chi connectivity index (χ2v) is 5.88. The molecule has 0 saturated carbocycles. The Hall–Kier alpha value is -2.15. The number of carboxylic acid groups (broad SMARTS) is 1. The van der Waals surface area contributed by atoms with E-state index in [-0.39, 0.29) is 11.3 Å². The number of aliphatic carboxylic acids is 1. The van der Waals surface area contributed by atoms with Crippen LogP contribution in [0.5, 0.6) is 0 Å². The van der Waals surface area contributed by atoms with Crippen molar-refractivity contribution in [3.05, 3.63) is 42.0 Å². The van der Waals surface area contributed by atoms with Gasteiger partial charge in [-0.2, -0.15) is 0 Å². The first-order valence-electron chi connectivity index (χ1n) is 5.90. The molecule has 7 heteroatoms. The predicted molar refractivity (Wildman–Crippen MR) is 75.2 cm³/mol. The highest BCUT2D eigenvalue weighted by molar-refractivity contribution is 7.92. The number of rotatable bonds is 7. The molecule has 0 saturated heterocycles. The second kappa shape index (κ2) is 6.85. The summed E-state index contributed by atoms with van der Waals surface area (Å²) in [4.78, 5) is 21.9. The van der Waals surface area contributed by atoms with E-state index >= 15 is 0 Å². The van der Waals surface area contributed by atoms with Crippen molar-refractivity contribution in [3.63, 3.8) is 0 Å². The fourth-order valence-electron chi connectivity index (χ4n) is 1.45. The Kier molecular flexibility index (Phi) is 5.45. The third-order valence-corrected chi connectivity index (χ3v) is 3.79. The van der Waals surface area contributed by atoms with Crippen LogP contribution in [0.25, 0.3) is 0 Å². The maximum Gasteiger partial charge on any atom is 0.328 e. The normalized spacial score (nSPS) is 11.4. The molecule has 0 fully saturated rings. The Morgan fingerprint density at radius 3 is 2.30 bits per heavy atom. The minimum atomic E-state index is -3.37. The highest BCUT2D eigenvalue weighted by Gasteiger charge is 2.09. The van der Waals surface area contributed by atoms with E-state index in [9.17, 15) is 18.0 Å². The van der Waals surface area contributed by atoms with Crippen LogP contribution in [0.4, 0.5) is 5.69 Å². The van der Waals surface area contributed by atoms with Crippen LogP contribution in [0.2, 0.25) is 0 Å². The van der Waals surface area contributed by atoms with Crippen LogP contribution in [-0.4, -0.2) is 31.0 Å². The third-order valence-electron chi connectivity index (χ3n) is 2.29. The first kappa shape index (κ1) is 15.9. The van der Waals surface area contributed by atoms with Crippen LogP contribution in [-0.2, 0) is 14.8 Å². The fourth-order valence-corrected chi connectivity index (χ4v) is 2.58. The molecule has 0 bridgehead atoms. The van der Waals surface area contributed by atoms with Crippen molar-refractivity contribution in [1.82, 2.24) is 0 Å². The molecule has 0 atom stereocenters. The Balaban J connectivity index is 2.79. The summed E-state index contributed by atoms with van der Waals surface area (Å²) in [6.45, 7) is 1.76. The lowest BCUT2D eigenvalue weighted by atomic mass is 10.1. The van der Waals surface area contributed by atoms with Gasteiger partial charge in [0.05, 0.1) is 5.75 Å². The van der Waals surface area contributed by atoms with E-state index in [0.717, 1.165) is 12.2 Å². The molecule has 0 amide bonds. The molecule has 1 aromatic carbocycles. The summed E-state index contributed by atoms with van der Waals surface area (Å²) in [5.74, 6) is -1.65. The van der Waals surface area contributed by atoms with E-state index < -0.39 is 21.8 Å². The van der Waals surface area contributed by atoms with E-state index in [2.05, 4.69) is 4.72 Å². The molecule has 0 spiro atoms. The smallest absolute Gasteiger partial charge is 0.328 e. The molecule has 1 aromatic rings. The lowest BCUT2D eigenvalue weighted by Gasteiger charge is -2.07. The largest absolute Gasteiger partial charge is 0.478 e. The Morgan fingerprint density at radius 2 is 1.80 bits per heavy atom. The summed E-state index contributed by atoms with van der Waals surface area (Å²) >= 11 is 0. The van der Waals surface area contributed by atoms with Gasteiger partial charge < -0.3 is 5.11 Å². The molecule has 6 nitrogen and oxygen atoms in total. The first-order valence-corrected chi connectivity index (χ1v) is 7.55. The minimum absolute atomic E-state index is 0.0228. The van der Waals surface area contributed by atoms with Crippen molar-refractivity contribution in [1.29, 1.82) is 0 Å². The zero-order valence-corrected chi connectivity index (χ0v) is 11.7. The van der Waals surface area contributed by atoms with Crippen LogP contribution in [0.15, 0.2) is 36.4 Å². The lowest BCUT2D eigenvalue weighted by Crippen LogP contribution is -2.16. The standard InChI is InChI=1S/C13H15NO5S/c1-2-9-20(18,19)14-11-5-3-10(4-6-11)12(15)7-8-13(16)17/h3-8,14H,2,9H2,1H3,(H,16,17). The SMILES string of the molecule is CCCS(=O)(=O)Nc1ccc(C(=O)C=CC(=O)O)cc1. The van der Waals surface area contributed by atoms with Crippen LogP contribution in [0, 0.1) is 0 Å². The van der Waals surface area contributed by atoms with Gasteiger partial charge >= 0.3 is 5.97 Å². The van der Waals surface area contributed by atoms with Crippen molar-refractivity contribution in [2.75, 3.05) is 10.5 Å². The van der Waals surface area contributed by atoms with Gasteiger partial charge in [0, 0.05) is 17.3 Å². The van der Waals surface area contributed by atoms with Gasteiger partial charge in [-0.25, -0.2) is 13.2 Å². The van der Waals surface area contributed by atoms with Crippen molar-refractivity contribution in [2.24, 2.45) is 0 Å². The summed E-state index contributed by atoms with van der Waals surface area (Å²) in [5, 5.41) is 8.42. The van der Waals surface area contributed by atoms with Gasteiger partial charge in [0.25, 0.3) is 0 Å². The number of hydrogen-bond donors (Lipinski definition) is 2. The number of allylic oxidation sites excluding steroid dienone is 1. The third kappa shape index (κ3) is 5.23. The monoisotopic (exact) mass is 297 g/mol. The van der Waals surface area contributed by atoms with Crippen molar-refractivity contribution < 1.29 is 23.1 Å². The summed E-state index contributed by atoms with van der Waals surface area (Å²) in [5.41, 5.74) is 0.637. The molecule has 1 rings (SSSR count). The maximum absolute atomic E-state index is 11.6. The number of ketones is 1. The molecule has 20 heavy (non-hydrogen) atoms. The highest BCUT2D eigenvalue weighted by Crippen LogP contribution is 2.12. The predicted octanol–water partition coefficient (Wildman–Crippen LogP) is 1.66. The molecule has 0 aliphatic carbocycles. The summed E-state index contributed by atoms with van der Waals surface area (Å²) in [7, 11) is -3.37. The summed E-state index contributed by atoms with van der Waals surface area (Å²) < 4.78 is 25.5. The Morgan fingerprint density at radius 1 is 1.20 bits per heavy atom. The number of sulfonamides is 1. The summed E-state index contributed by atoms with van der Waals surface area (Å²) in [6, 6.07) is 5.76. The number of anilines is 1. The van der Waals surface area contributed by atoms with Gasteiger partial charge in [0.2, 0.25) is 10.0 Å². The minimum Gasteiger partial charge on any atom is -0.478 e. The molecule has 0 aliphatic heterocycles. The van der Waals surface area contributed by atoms with E-state index in [1.807, 2.05) is 0 Å². The van der Waals surface area contributed by atoms with Gasteiger partial charge in [0.1, 0.15) is 0 Å². The van der Waals surface area contributed by atoms with Crippen LogP contribution < -0.4 is 4.72 Å². The van der Waals surface area contributed by atoms with Crippen molar-refractivity contribution >= 4 is 27.5 Å². The molecule has 0 aromatic heterocycles. The number of carboxylic acids is 1. The number of benzene rings is 1. The van der Waals surface area contributed by atoms with Gasteiger partial charge in [-0.05, 0) is 36.8 Å². The van der Waals surface area contributed by atoms with Crippen LogP contribution in [0.3, 0.4) is 0 Å². The lowest BCUT2D eigenvalue weighted by molar-refractivity contribution is -0.131. The molecular formula is C13H15NO5S. The Labute approximate surface area is 117 Å². The molecule has 0 unspecified atom stereocenters. The fraction of sp³-hybridized carbons (Fsp3) is 0.231. The second-order valence-electron chi connectivity index (χ2n) is 4.03. The van der Waals surface area contributed by atoms with Gasteiger partial charge in [-0.3, -0.25) is 9.52 Å². The van der Waals surface area contributed by atoms with Gasteiger partial charge in [-0.1, -0.05) is 6.92 Å². The molecular weight excluding hydrogens is 282 g/mol. The quantitative estimate of drug-likeness (QED) is 0.589. The first-order chi connectivity index (χ1) is 9.34. The molecule has 2 N–H and O–H groups in total. The maximum atomic E-state index is 11.6. The zero-order valence-electron chi connectivity index (χ0n) is 10.9. The van der Waals surface area contributed by atoms with E-state index in [0.29, 0.717) is 12.1 Å². The molecule has 0 heterocycles. The zero-order chi connectivity index (χ0) is 15.2. The van der Waals surface area contributed by atoms with E-state index in [1.165, 1.54) is 24.3 Å². The average molecular weight is 297 g/mol.